The lowest BCUT2D eigenvalue weighted by Crippen LogP contribution is -2.68. The van der Waals surface area contributed by atoms with Crippen LogP contribution in [0.5, 0.6) is 5.75 Å². The fourth-order valence-corrected chi connectivity index (χ4v) is 9.37. The number of nitrogens with one attached hydrogen (secondary N) is 1. The van der Waals surface area contributed by atoms with E-state index in [0.717, 1.165) is 24.8 Å². The van der Waals surface area contributed by atoms with Gasteiger partial charge in [0.1, 0.15) is 12.4 Å². The van der Waals surface area contributed by atoms with Crippen LogP contribution < -0.4 is 10.2 Å². The molecule has 0 bridgehead atoms. The number of hydrogen-bond acceptors (Lipinski definition) is 8. The molecule has 40 heavy (non-hydrogen) atoms. The molecule has 1 heterocycles. The third kappa shape index (κ3) is 3.96. The van der Waals surface area contributed by atoms with Crippen molar-refractivity contribution in [2.75, 3.05) is 13.7 Å². The Kier molecular flexibility index (Phi) is 6.63. The van der Waals surface area contributed by atoms with Crippen LogP contribution in [0.15, 0.2) is 41.0 Å². The van der Waals surface area contributed by atoms with E-state index in [1.54, 1.807) is 43.7 Å². The van der Waals surface area contributed by atoms with Gasteiger partial charge in [-0.15, -0.1) is 0 Å². The number of amides is 1. The molecule has 4 N–H and O–H groups in total. The summed E-state index contributed by atoms with van der Waals surface area (Å²) in [7, 11) is 1.57. The third-order valence-corrected chi connectivity index (χ3v) is 11.5. The highest BCUT2D eigenvalue weighted by molar-refractivity contribution is 5.94. The van der Waals surface area contributed by atoms with E-state index < -0.39 is 28.1 Å². The summed E-state index contributed by atoms with van der Waals surface area (Å²) < 4.78 is 10.4. The molecule has 0 radical (unpaired) electrons. The average molecular weight is 553 g/mol. The van der Waals surface area contributed by atoms with E-state index in [1.807, 2.05) is 0 Å². The van der Waals surface area contributed by atoms with E-state index in [2.05, 4.69) is 17.5 Å². The molecule has 8 atom stereocenters. The zero-order valence-electron chi connectivity index (χ0n) is 23.3. The maximum Gasteiger partial charge on any atom is 0.331 e. The number of carbonyl (C=O) groups is 2. The van der Waals surface area contributed by atoms with Crippen LogP contribution in [-0.2, 0) is 9.53 Å². The van der Waals surface area contributed by atoms with Crippen molar-refractivity contribution >= 4 is 18.1 Å². The van der Waals surface area contributed by atoms with Crippen LogP contribution in [0.2, 0.25) is 0 Å². The largest absolute Gasteiger partial charge is 0.497 e. The number of hydrazone groups is 1. The van der Waals surface area contributed by atoms with Crippen molar-refractivity contribution in [3.8, 4) is 5.75 Å². The van der Waals surface area contributed by atoms with Gasteiger partial charge in [0.05, 0.1) is 24.4 Å². The Hall–Kier alpha value is -2.75. The Morgan fingerprint density at radius 3 is 2.52 bits per heavy atom. The second-order valence-corrected chi connectivity index (χ2v) is 12.9. The van der Waals surface area contributed by atoms with Crippen LogP contribution in [0.3, 0.4) is 0 Å². The molecule has 0 aromatic heterocycles. The molecule has 1 aromatic carbocycles. The van der Waals surface area contributed by atoms with E-state index in [1.165, 1.54) is 0 Å². The van der Waals surface area contributed by atoms with Crippen LogP contribution >= 0.6 is 0 Å². The minimum atomic E-state index is -1.18. The number of benzene rings is 1. The van der Waals surface area contributed by atoms with Gasteiger partial charge in [-0.05, 0) is 99.0 Å². The number of aliphatic hydroxyl groups is 3. The lowest BCUT2D eigenvalue weighted by atomic mass is 9.41. The highest BCUT2D eigenvalue weighted by Crippen LogP contribution is 2.70. The lowest BCUT2D eigenvalue weighted by Gasteiger charge is -2.65. The summed E-state index contributed by atoms with van der Waals surface area (Å²) >= 11 is 0. The first-order valence-electron chi connectivity index (χ1n) is 14.5. The van der Waals surface area contributed by atoms with Crippen molar-refractivity contribution in [3.05, 3.63) is 41.5 Å². The van der Waals surface area contributed by atoms with Gasteiger partial charge in [0.25, 0.3) is 5.91 Å². The molecule has 4 saturated carbocycles. The Labute approximate surface area is 234 Å². The summed E-state index contributed by atoms with van der Waals surface area (Å²) in [6, 6.07) is 6.75. The zero-order chi connectivity index (χ0) is 28.3. The van der Waals surface area contributed by atoms with E-state index >= 15 is 0 Å². The fourth-order valence-electron chi connectivity index (χ4n) is 9.37. The second kappa shape index (κ2) is 9.67. The molecule has 9 nitrogen and oxygen atoms in total. The number of rotatable bonds is 5. The third-order valence-electron chi connectivity index (χ3n) is 11.5. The van der Waals surface area contributed by atoms with Crippen molar-refractivity contribution in [1.82, 2.24) is 5.43 Å². The summed E-state index contributed by atoms with van der Waals surface area (Å²) in [6.07, 6.45) is 8.06. The highest BCUT2D eigenvalue weighted by atomic mass is 16.5. The van der Waals surface area contributed by atoms with Gasteiger partial charge in [0.2, 0.25) is 0 Å². The lowest BCUT2D eigenvalue weighted by molar-refractivity contribution is -0.237. The van der Waals surface area contributed by atoms with E-state index in [0.29, 0.717) is 50.0 Å². The SMILES string of the molecule is COc1ccc(C(=O)NN=CC23CC[C@@H](O)CC2(O)CC[C@@H]2[C@@H]3CCC3(C)C(C4=CC(=O)OC4)CCC23O)cc1. The van der Waals surface area contributed by atoms with Crippen molar-refractivity contribution in [2.24, 2.45) is 33.7 Å². The molecule has 0 spiro atoms. The second-order valence-electron chi connectivity index (χ2n) is 12.9. The quantitative estimate of drug-likeness (QED) is 0.250. The van der Waals surface area contributed by atoms with Gasteiger partial charge in [-0.2, -0.15) is 5.10 Å². The first-order chi connectivity index (χ1) is 19.1. The Bertz CT molecular complexity index is 1250. The number of hydrogen-bond donors (Lipinski definition) is 4. The number of cyclic esters (lactones) is 1. The molecule has 5 unspecified atom stereocenters. The standard InChI is InChI=1S/C31H40N2O7/c1-28-11-8-24-25(31(28,38)14-10-23(28)20-15-26(35)40-17-20)9-13-30(37)16-21(34)7-12-29(24,30)18-32-33-27(36)19-3-5-22(39-2)6-4-19/h3-6,15,18,21,23-25,34,37-38H,7-14,16-17H2,1-2H3,(H,33,36)/t21-,23?,24+,25-,28?,29?,30?,31?/m1/s1. The molecular formula is C31H40N2O7. The number of aliphatic hydroxyl groups excluding tert-OH is 1. The van der Waals surface area contributed by atoms with Gasteiger partial charge in [-0.25, -0.2) is 10.2 Å². The minimum Gasteiger partial charge on any atom is -0.497 e. The smallest absolute Gasteiger partial charge is 0.331 e. The van der Waals surface area contributed by atoms with Crippen molar-refractivity contribution in [2.45, 2.75) is 82.0 Å². The molecule has 0 saturated heterocycles. The van der Waals surface area contributed by atoms with Crippen LogP contribution in [0.25, 0.3) is 0 Å². The van der Waals surface area contributed by atoms with Gasteiger partial charge < -0.3 is 24.8 Å². The highest BCUT2D eigenvalue weighted by Gasteiger charge is 2.71. The monoisotopic (exact) mass is 552 g/mol. The molecule has 1 aliphatic heterocycles. The number of fused-ring (bicyclic) bond motifs is 5. The van der Waals surface area contributed by atoms with E-state index in [-0.39, 0.29) is 36.1 Å². The Balaban J connectivity index is 1.30. The maximum absolute atomic E-state index is 12.8. The number of nitrogens with zero attached hydrogens (tertiary/aromatic N) is 1. The summed E-state index contributed by atoms with van der Waals surface area (Å²) in [5.74, 6) is -0.0815. The minimum absolute atomic E-state index is 0.0624. The Morgan fingerprint density at radius 1 is 1.07 bits per heavy atom. The van der Waals surface area contributed by atoms with Gasteiger partial charge in [-0.3, -0.25) is 4.79 Å². The summed E-state index contributed by atoms with van der Waals surface area (Å²) in [6.45, 7) is 2.46. The maximum atomic E-state index is 12.8. The van der Waals surface area contributed by atoms with Crippen LogP contribution in [0, 0.1) is 28.6 Å². The first kappa shape index (κ1) is 27.4. The summed E-state index contributed by atoms with van der Waals surface area (Å²) in [4.78, 5) is 24.7. The zero-order valence-corrected chi connectivity index (χ0v) is 23.3. The molecule has 1 amide bonds. The Morgan fingerprint density at radius 2 is 1.82 bits per heavy atom. The molecule has 216 valence electrons. The van der Waals surface area contributed by atoms with Crippen molar-refractivity contribution in [1.29, 1.82) is 0 Å². The molecule has 9 heteroatoms. The topological polar surface area (TPSA) is 138 Å². The molecular weight excluding hydrogens is 512 g/mol. The van der Waals surface area contributed by atoms with Crippen molar-refractivity contribution in [3.63, 3.8) is 0 Å². The van der Waals surface area contributed by atoms with Gasteiger partial charge >= 0.3 is 5.97 Å². The van der Waals surface area contributed by atoms with Gasteiger partial charge in [0.15, 0.2) is 0 Å². The average Bonchev–Trinajstić information content (AvgIpc) is 3.48. The van der Waals surface area contributed by atoms with Gasteiger partial charge in [-0.1, -0.05) is 6.92 Å². The normalized spacial score (nSPS) is 42.4. The van der Waals surface area contributed by atoms with E-state index in [4.69, 9.17) is 9.47 Å². The predicted octanol–water partition coefficient (Wildman–Crippen LogP) is 3.12. The van der Waals surface area contributed by atoms with Crippen LogP contribution in [0.1, 0.15) is 75.1 Å². The molecule has 4 aliphatic carbocycles. The number of esters is 1. The molecule has 4 fully saturated rings. The molecule has 6 rings (SSSR count). The predicted molar refractivity (Wildman–Crippen MR) is 146 cm³/mol. The molecule has 1 aromatic rings. The first-order valence-corrected chi connectivity index (χ1v) is 14.5. The fraction of sp³-hybridized carbons (Fsp3) is 0.645. The van der Waals surface area contributed by atoms with Crippen LogP contribution in [0.4, 0.5) is 0 Å². The van der Waals surface area contributed by atoms with Gasteiger partial charge in [0, 0.05) is 35.1 Å². The number of carbonyl (C=O) groups excluding carboxylic acids is 2. The van der Waals surface area contributed by atoms with E-state index in [9.17, 15) is 24.9 Å². The molecule has 5 aliphatic rings. The van der Waals surface area contributed by atoms with Crippen LogP contribution in [-0.4, -0.2) is 64.4 Å². The summed E-state index contributed by atoms with van der Waals surface area (Å²) in [5, 5.41) is 39.6. The number of methoxy groups -OCH3 is 1. The number of ether oxygens (including phenoxy) is 2. The summed E-state index contributed by atoms with van der Waals surface area (Å²) in [5.41, 5.74) is 0.729. The van der Waals surface area contributed by atoms with Crippen molar-refractivity contribution < 1.29 is 34.4 Å².